The van der Waals surface area contributed by atoms with Gasteiger partial charge in [0.25, 0.3) is 5.91 Å². The molecule has 0 radical (unpaired) electrons. The molecule has 2 N–H and O–H groups in total. The van der Waals surface area contributed by atoms with Gasteiger partial charge in [0.2, 0.25) is 0 Å². The number of nitrogens with one attached hydrogen (secondary N) is 1. The van der Waals surface area contributed by atoms with Gasteiger partial charge in [0.05, 0.1) is 6.42 Å². The summed E-state index contributed by atoms with van der Waals surface area (Å²) in [6, 6.07) is 2.95. The standard InChI is InChI=1S/C25H37N3O5/c1-24(2)15-20(30)23-19(29)13-18(14-21(23)33-24)32-16-22(31)26-17-25(7-5-4-6-8-25)28-11-9-27(3)10-12-28/h13-14,29H,4-12,15-17H2,1-3H3,(H,26,31). The molecule has 0 spiro atoms. The Hall–Kier alpha value is -2.32. The second-order valence-electron chi connectivity index (χ2n) is 10.4. The third kappa shape index (κ3) is 5.44. The molecule has 0 aromatic heterocycles. The first kappa shape index (κ1) is 23.8. The average molecular weight is 460 g/mol. The van der Waals surface area contributed by atoms with Gasteiger partial charge in [0, 0.05) is 50.4 Å². The maximum atomic E-state index is 12.7. The zero-order chi connectivity index (χ0) is 23.6. The summed E-state index contributed by atoms with van der Waals surface area (Å²) in [7, 11) is 2.16. The lowest BCUT2D eigenvalue weighted by Crippen LogP contribution is -2.61. The van der Waals surface area contributed by atoms with Gasteiger partial charge in [-0.15, -0.1) is 0 Å². The molecule has 1 saturated carbocycles. The fraction of sp³-hybridized carbons (Fsp3) is 0.680. The number of Topliss-reactive ketones (excluding diaryl/α,β-unsaturated/α-hetero) is 1. The van der Waals surface area contributed by atoms with Crippen LogP contribution in [0, 0.1) is 0 Å². The van der Waals surface area contributed by atoms with Crippen LogP contribution in [0.25, 0.3) is 0 Å². The lowest BCUT2D eigenvalue weighted by Gasteiger charge is -2.49. The topological polar surface area (TPSA) is 91.3 Å². The SMILES string of the molecule is CN1CCN(C2(CNC(=O)COc3cc(O)c4c(c3)OC(C)(C)CC4=O)CCCCC2)CC1. The number of hydrogen-bond acceptors (Lipinski definition) is 7. The lowest BCUT2D eigenvalue weighted by molar-refractivity contribution is -0.124. The number of amides is 1. The van der Waals surface area contributed by atoms with E-state index in [4.69, 9.17) is 9.47 Å². The molecule has 182 valence electrons. The Balaban J connectivity index is 1.36. The molecule has 1 aliphatic carbocycles. The minimum atomic E-state index is -0.649. The van der Waals surface area contributed by atoms with E-state index >= 15 is 0 Å². The molecule has 2 heterocycles. The van der Waals surface area contributed by atoms with Crippen LogP contribution in [0.5, 0.6) is 17.2 Å². The number of aromatic hydroxyl groups is 1. The summed E-state index contributed by atoms with van der Waals surface area (Å²) < 4.78 is 11.5. The quantitative estimate of drug-likeness (QED) is 0.676. The molecule has 8 heteroatoms. The van der Waals surface area contributed by atoms with Gasteiger partial charge in [-0.05, 0) is 33.7 Å². The Bertz CT molecular complexity index is 886. The van der Waals surface area contributed by atoms with Crippen molar-refractivity contribution in [2.75, 3.05) is 46.4 Å². The van der Waals surface area contributed by atoms with Crippen LogP contribution < -0.4 is 14.8 Å². The molecule has 33 heavy (non-hydrogen) atoms. The number of nitrogens with zero attached hydrogens (tertiary/aromatic N) is 2. The summed E-state index contributed by atoms with van der Waals surface area (Å²) in [5.41, 5.74) is -0.444. The third-order valence-electron chi connectivity index (χ3n) is 7.25. The molecular weight excluding hydrogens is 422 g/mol. The zero-order valence-electron chi connectivity index (χ0n) is 20.1. The summed E-state index contributed by atoms with van der Waals surface area (Å²) in [6.45, 7) is 8.30. The number of phenolic OH excluding ortho intramolecular Hbond substituents is 1. The maximum absolute atomic E-state index is 12.7. The van der Waals surface area contributed by atoms with Crippen LogP contribution in [0.2, 0.25) is 0 Å². The van der Waals surface area contributed by atoms with Gasteiger partial charge in [0.15, 0.2) is 12.4 Å². The summed E-state index contributed by atoms with van der Waals surface area (Å²) in [5, 5.41) is 13.4. The van der Waals surface area contributed by atoms with E-state index in [0.717, 1.165) is 39.0 Å². The number of likely N-dealkylation sites (N-methyl/N-ethyl adjacent to an activating group) is 1. The smallest absolute Gasteiger partial charge is 0.258 e. The Kier molecular flexibility index (Phi) is 6.86. The first-order valence-corrected chi connectivity index (χ1v) is 12.1. The van der Waals surface area contributed by atoms with Gasteiger partial charge in [-0.2, -0.15) is 0 Å². The first-order chi connectivity index (χ1) is 15.7. The lowest BCUT2D eigenvalue weighted by atomic mass is 9.79. The molecule has 1 aromatic rings. The van der Waals surface area contributed by atoms with E-state index < -0.39 is 5.60 Å². The van der Waals surface area contributed by atoms with Crippen molar-refractivity contribution in [2.45, 2.75) is 63.5 Å². The summed E-state index contributed by atoms with van der Waals surface area (Å²) in [6.07, 6.45) is 6.07. The summed E-state index contributed by atoms with van der Waals surface area (Å²) in [4.78, 5) is 29.9. The van der Waals surface area contributed by atoms with Crippen LogP contribution in [0.15, 0.2) is 12.1 Å². The van der Waals surface area contributed by atoms with Crippen LogP contribution in [0.4, 0.5) is 0 Å². The van der Waals surface area contributed by atoms with Gasteiger partial charge in [0.1, 0.15) is 28.4 Å². The minimum Gasteiger partial charge on any atom is -0.507 e. The number of carbonyl (C=O) groups is 2. The highest BCUT2D eigenvalue weighted by Gasteiger charge is 2.39. The Morgan fingerprint density at radius 3 is 2.55 bits per heavy atom. The van der Waals surface area contributed by atoms with E-state index in [-0.39, 0.29) is 41.6 Å². The monoisotopic (exact) mass is 459 g/mol. The maximum Gasteiger partial charge on any atom is 0.258 e. The van der Waals surface area contributed by atoms with Crippen LogP contribution >= 0.6 is 0 Å². The Morgan fingerprint density at radius 2 is 1.85 bits per heavy atom. The van der Waals surface area contributed by atoms with E-state index in [9.17, 15) is 14.7 Å². The first-order valence-electron chi connectivity index (χ1n) is 12.1. The largest absolute Gasteiger partial charge is 0.507 e. The molecule has 0 bridgehead atoms. The fourth-order valence-electron chi connectivity index (χ4n) is 5.39. The number of fused-ring (bicyclic) bond motifs is 1. The molecule has 2 fully saturated rings. The van der Waals surface area contributed by atoms with E-state index in [2.05, 4.69) is 22.2 Å². The predicted octanol–water partition coefficient (Wildman–Crippen LogP) is 2.58. The second-order valence-corrected chi connectivity index (χ2v) is 10.4. The van der Waals surface area contributed by atoms with Crippen molar-refractivity contribution in [3.63, 3.8) is 0 Å². The zero-order valence-corrected chi connectivity index (χ0v) is 20.1. The van der Waals surface area contributed by atoms with Gasteiger partial charge in [-0.25, -0.2) is 0 Å². The van der Waals surface area contributed by atoms with Crippen molar-refractivity contribution in [3.05, 3.63) is 17.7 Å². The predicted molar refractivity (Wildman–Crippen MR) is 125 cm³/mol. The number of carbonyl (C=O) groups excluding carboxylic acids is 2. The van der Waals surface area contributed by atoms with Crippen LogP contribution in [0.1, 0.15) is 62.7 Å². The van der Waals surface area contributed by atoms with Gasteiger partial charge in [-0.3, -0.25) is 14.5 Å². The number of hydrogen-bond donors (Lipinski definition) is 2. The van der Waals surface area contributed by atoms with Crippen molar-refractivity contribution >= 4 is 11.7 Å². The third-order valence-corrected chi connectivity index (χ3v) is 7.25. The molecule has 1 saturated heterocycles. The molecule has 0 unspecified atom stereocenters. The van der Waals surface area contributed by atoms with Crippen molar-refractivity contribution in [3.8, 4) is 17.2 Å². The second kappa shape index (κ2) is 9.50. The van der Waals surface area contributed by atoms with Gasteiger partial charge < -0.3 is 24.8 Å². The van der Waals surface area contributed by atoms with Crippen molar-refractivity contribution < 1.29 is 24.2 Å². The van der Waals surface area contributed by atoms with Crippen molar-refractivity contribution in [1.82, 2.24) is 15.1 Å². The molecule has 0 atom stereocenters. The number of rotatable bonds is 6. The van der Waals surface area contributed by atoms with E-state index in [1.54, 1.807) is 6.07 Å². The minimum absolute atomic E-state index is 0.0268. The normalized spacial score (nSPS) is 22.8. The van der Waals surface area contributed by atoms with Gasteiger partial charge >= 0.3 is 0 Å². The molecular formula is C25H37N3O5. The number of ketones is 1. The van der Waals surface area contributed by atoms with Crippen molar-refractivity contribution in [2.24, 2.45) is 0 Å². The fourth-order valence-corrected chi connectivity index (χ4v) is 5.39. The van der Waals surface area contributed by atoms with Gasteiger partial charge in [-0.1, -0.05) is 19.3 Å². The Labute approximate surface area is 196 Å². The summed E-state index contributed by atoms with van der Waals surface area (Å²) >= 11 is 0. The van der Waals surface area contributed by atoms with E-state index in [1.165, 1.54) is 25.3 Å². The molecule has 1 aromatic carbocycles. The number of ether oxygens (including phenoxy) is 2. The number of phenols is 1. The highest BCUT2D eigenvalue weighted by molar-refractivity contribution is 6.03. The molecule has 1 amide bonds. The number of benzene rings is 1. The molecule has 2 aliphatic heterocycles. The van der Waals surface area contributed by atoms with Crippen LogP contribution in [0.3, 0.4) is 0 Å². The van der Waals surface area contributed by atoms with Crippen LogP contribution in [-0.4, -0.2) is 84.1 Å². The highest BCUT2D eigenvalue weighted by atomic mass is 16.5. The molecule has 3 aliphatic rings. The van der Waals surface area contributed by atoms with E-state index in [1.807, 2.05) is 13.8 Å². The Morgan fingerprint density at radius 1 is 1.15 bits per heavy atom. The highest BCUT2D eigenvalue weighted by Crippen LogP contribution is 2.41. The van der Waals surface area contributed by atoms with Crippen molar-refractivity contribution in [1.29, 1.82) is 0 Å². The molecule has 4 rings (SSSR count). The number of piperazine rings is 1. The average Bonchev–Trinajstić information content (AvgIpc) is 2.76. The van der Waals surface area contributed by atoms with Crippen LogP contribution in [-0.2, 0) is 4.79 Å². The molecule has 8 nitrogen and oxygen atoms in total. The summed E-state index contributed by atoms with van der Waals surface area (Å²) in [5.74, 6) is 0.0641. The van der Waals surface area contributed by atoms with E-state index in [0.29, 0.717) is 18.0 Å².